The summed E-state index contributed by atoms with van der Waals surface area (Å²) in [5, 5.41) is 7.85. The van der Waals surface area contributed by atoms with Crippen LogP contribution in [0.15, 0.2) is 48.5 Å². The molecule has 156 valence electrons. The molecule has 6 nitrogen and oxygen atoms in total. The summed E-state index contributed by atoms with van der Waals surface area (Å²) in [6, 6.07) is 15.2. The maximum Gasteiger partial charge on any atom is 0.256 e. The molecule has 1 N–H and O–H groups in total. The topological polar surface area (TPSA) is 65.4 Å². The number of nitrogens with zero attached hydrogens (tertiary/aromatic N) is 2. The van der Waals surface area contributed by atoms with Gasteiger partial charge in [-0.05, 0) is 56.0 Å². The van der Waals surface area contributed by atoms with E-state index in [1.807, 2.05) is 35.0 Å². The van der Waals surface area contributed by atoms with E-state index in [1.54, 1.807) is 25.3 Å². The first-order chi connectivity index (χ1) is 14.7. The fourth-order valence-corrected chi connectivity index (χ4v) is 3.71. The van der Waals surface area contributed by atoms with Crippen LogP contribution in [0.5, 0.6) is 11.5 Å². The second-order valence-electron chi connectivity index (χ2n) is 7.40. The largest absolute Gasteiger partial charge is 0.493 e. The molecule has 0 saturated heterocycles. The Morgan fingerprint density at radius 2 is 1.97 bits per heavy atom. The Bertz CT molecular complexity index is 1030. The van der Waals surface area contributed by atoms with Crippen LogP contribution in [0.3, 0.4) is 0 Å². The van der Waals surface area contributed by atoms with Gasteiger partial charge in [-0.1, -0.05) is 31.5 Å². The molecule has 0 atom stereocenters. The van der Waals surface area contributed by atoms with Crippen LogP contribution < -0.4 is 14.8 Å². The van der Waals surface area contributed by atoms with Crippen molar-refractivity contribution in [3.63, 3.8) is 0 Å². The number of aryl methyl sites for hydroxylation is 1. The lowest BCUT2D eigenvalue weighted by Crippen LogP contribution is -2.16. The summed E-state index contributed by atoms with van der Waals surface area (Å²) in [7, 11) is 1.58. The maximum atomic E-state index is 13.1. The standard InChI is InChI=1S/C24H27N3O3/c1-3-4-15-30-21-14-13-17(16-22(21)29-2)24(28)25-23-19-11-8-12-20(19)26-27(23)18-9-6-5-7-10-18/h5-7,9-10,13-14,16H,3-4,8,11-12,15H2,1-2H3,(H,25,28). The minimum atomic E-state index is -0.194. The van der Waals surface area contributed by atoms with E-state index in [4.69, 9.17) is 14.6 Å². The van der Waals surface area contributed by atoms with E-state index < -0.39 is 0 Å². The Hall–Kier alpha value is -3.28. The molecule has 0 fully saturated rings. The summed E-state index contributed by atoms with van der Waals surface area (Å²) in [5.74, 6) is 1.76. The fraction of sp³-hybridized carbons (Fsp3) is 0.333. The molecule has 0 radical (unpaired) electrons. The zero-order valence-electron chi connectivity index (χ0n) is 17.5. The molecular weight excluding hydrogens is 378 g/mol. The van der Waals surface area contributed by atoms with E-state index in [1.165, 1.54) is 0 Å². The van der Waals surface area contributed by atoms with Gasteiger partial charge in [-0.2, -0.15) is 5.10 Å². The average Bonchev–Trinajstić information content (AvgIpc) is 3.37. The molecule has 1 aromatic heterocycles. The molecule has 0 aliphatic heterocycles. The number of unbranched alkanes of at least 4 members (excludes halogenated alkanes) is 1. The van der Waals surface area contributed by atoms with E-state index in [-0.39, 0.29) is 5.91 Å². The number of carbonyl (C=O) groups excluding carboxylic acids is 1. The number of para-hydroxylation sites is 1. The Morgan fingerprint density at radius 3 is 2.73 bits per heavy atom. The Morgan fingerprint density at radius 1 is 1.13 bits per heavy atom. The quantitative estimate of drug-likeness (QED) is 0.547. The zero-order valence-corrected chi connectivity index (χ0v) is 17.5. The van der Waals surface area contributed by atoms with Gasteiger partial charge >= 0.3 is 0 Å². The molecule has 30 heavy (non-hydrogen) atoms. The summed E-state index contributed by atoms with van der Waals surface area (Å²) < 4.78 is 13.1. The van der Waals surface area contributed by atoms with Crippen LogP contribution >= 0.6 is 0 Å². The van der Waals surface area contributed by atoms with Gasteiger partial charge in [0.2, 0.25) is 0 Å². The van der Waals surface area contributed by atoms with E-state index >= 15 is 0 Å². The first kappa shape index (κ1) is 20.0. The van der Waals surface area contributed by atoms with Crippen molar-refractivity contribution in [3.05, 3.63) is 65.4 Å². The van der Waals surface area contributed by atoms with Crippen LogP contribution in [0.1, 0.15) is 47.8 Å². The molecule has 0 bridgehead atoms. The van der Waals surface area contributed by atoms with Crippen LogP contribution in [-0.4, -0.2) is 29.4 Å². The van der Waals surface area contributed by atoms with Gasteiger partial charge in [-0.25, -0.2) is 4.68 Å². The molecule has 1 heterocycles. The van der Waals surface area contributed by atoms with Crippen LogP contribution in [-0.2, 0) is 12.8 Å². The zero-order chi connectivity index (χ0) is 20.9. The van der Waals surface area contributed by atoms with Crippen molar-refractivity contribution < 1.29 is 14.3 Å². The number of rotatable bonds is 8. The van der Waals surface area contributed by atoms with Crippen molar-refractivity contribution in [2.45, 2.75) is 39.0 Å². The maximum absolute atomic E-state index is 13.1. The summed E-state index contributed by atoms with van der Waals surface area (Å²) in [6.45, 7) is 2.74. The SMILES string of the molecule is CCCCOc1ccc(C(=O)Nc2c3c(nn2-c2ccccc2)CCC3)cc1OC. The number of hydrogen-bond acceptors (Lipinski definition) is 4. The summed E-state index contributed by atoms with van der Waals surface area (Å²) in [6.07, 6.45) is 4.96. The van der Waals surface area contributed by atoms with Crippen LogP contribution in [0.4, 0.5) is 5.82 Å². The van der Waals surface area contributed by atoms with Crippen LogP contribution in [0.25, 0.3) is 5.69 Å². The van der Waals surface area contributed by atoms with Crippen molar-refractivity contribution in [1.82, 2.24) is 9.78 Å². The monoisotopic (exact) mass is 405 g/mol. The van der Waals surface area contributed by atoms with Crippen LogP contribution in [0, 0.1) is 0 Å². The molecule has 1 aliphatic carbocycles. The van der Waals surface area contributed by atoms with E-state index in [0.717, 1.165) is 54.9 Å². The molecule has 2 aromatic carbocycles. The molecule has 3 aromatic rings. The number of carbonyl (C=O) groups is 1. The number of amides is 1. The minimum absolute atomic E-state index is 0.194. The highest BCUT2D eigenvalue weighted by molar-refractivity contribution is 6.04. The molecule has 0 spiro atoms. The first-order valence-corrected chi connectivity index (χ1v) is 10.5. The summed E-state index contributed by atoms with van der Waals surface area (Å²) in [4.78, 5) is 13.1. The highest BCUT2D eigenvalue weighted by atomic mass is 16.5. The Labute approximate surface area is 176 Å². The number of aromatic nitrogens is 2. The van der Waals surface area contributed by atoms with Crippen molar-refractivity contribution >= 4 is 11.7 Å². The molecule has 1 aliphatic rings. The van der Waals surface area contributed by atoms with Crippen molar-refractivity contribution in [3.8, 4) is 17.2 Å². The molecule has 4 rings (SSSR count). The Kier molecular flexibility index (Phi) is 6.02. The van der Waals surface area contributed by atoms with Gasteiger partial charge in [0, 0.05) is 11.1 Å². The van der Waals surface area contributed by atoms with Gasteiger partial charge in [0.25, 0.3) is 5.91 Å². The highest BCUT2D eigenvalue weighted by Crippen LogP contribution is 2.32. The van der Waals surface area contributed by atoms with E-state index in [0.29, 0.717) is 23.7 Å². The second-order valence-corrected chi connectivity index (χ2v) is 7.40. The number of ether oxygens (including phenoxy) is 2. The van der Waals surface area contributed by atoms with E-state index in [9.17, 15) is 4.79 Å². The predicted octanol–water partition coefficient (Wildman–Crippen LogP) is 4.80. The fourth-order valence-electron chi connectivity index (χ4n) is 3.71. The van der Waals surface area contributed by atoms with Crippen molar-refractivity contribution in [2.75, 3.05) is 19.0 Å². The van der Waals surface area contributed by atoms with Gasteiger partial charge in [0.1, 0.15) is 5.82 Å². The number of nitrogens with one attached hydrogen (secondary N) is 1. The third-order valence-electron chi connectivity index (χ3n) is 5.32. The average molecular weight is 405 g/mol. The Balaban J connectivity index is 1.60. The number of anilines is 1. The second kappa shape index (κ2) is 9.03. The van der Waals surface area contributed by atoms with Crippen LogP contribution in [0.2, 0.25) is 0 Å². The number of fused-ring (bicyclic) bond motifs is 1. The van der Waals surface area contributed by atoms with Crippen molar-refractivity contribution in [1.29, 1.82) is 0 Å². The lowest BCUT2D eigenvalue weighted by atomic mass is 10.1. The van der Waals surface area contributed by atoms with E-state index in [2.05, 4.69) is 12.2 Å². The third kappa shape index (κ3) is 4.03. The van der Waals surface area contributed by atoms with Gasteiger partial charge in [-0.15, -0.1) is 0 Å². The normalized spacial score (nSPS) is 12.5. The predicted molar refractivity (Wildman–Crippen MR) is 117 cm³/mol. The summed E-state index contributed by atoms with van der Waals surface area (Å²) >= 11 is 0. The molecule has 0 unspecified atom stereocenters. The highest BCUT2D eigenvalue weighted by Gasteiger charge is 2.24. The molecule has 0 saturated carbocycles. The van der Waals surface area contributed by atoms with Crippen molar-refractivity contribution in [2.24, 2.45) is 0 Å². The first-order valence-electron chi connectivity index (χ1n) is 10.5. The molecular formula is C24H27N3O3. The third-order valence-corrected chi connectivity index (χ3v) is 5.32. The lowest BCUT2D eigenvalue weighted by Gasteiger charge is -2.13. The number of hydrogen-bond donors (Lipinski definition) is 1. The van der Waals surface area contributed by atoms with Gasteiger partial charge in [0.15, 0.2) is 11.5 Å². The molecule has 1 amide bonds. The molecule has 6 heteroatoms. The number of methoxy groups -OCH3 is 1. The van der Waals surface area contributed by atoms with Gasteiger partial charge < -0.3 is 14.8 Å². The smallest absolute Gasteiger partial charge is 0.256 e. The van der Waals surface area contributed by atoms with Gasteiger partial charge in [0.05, 0.1) is 25.1 Å². The lowest BCUT2D eigenvalue weighted by molar-refractivity contribution is 0.102. The number of benzene rings is 2. The van der Waals surface area contributed by atoms with Gasteiger partial charge in [-0.3, -0.25) is 4.79 Å². The summed E-state index contributed by atoms with van der Waals surface area (Å²) in [5.41, 5.74) is 3.63. The minimum Gasteiger partial charge on any atom is -0.493 e.